The van der Waals surface area contributed by atoms with E-state index in [-0.39, 0.29) is 0 Å². The van der Waals surface area contributed by atoms with Crippen LogP contribution in [0.4, 0.5) is 0 Å². The molecule has 0 amide bonds. The van der Waals surface area contributed by atoms with Crippen molar-refractivity contribution < 1.29 is 0 Å². The van der Waals surface area contributed by atoms with Crippen molar-refractivity contribution in [1.29, 1.82) is 0 Å². The van der Waals surface area contributed by atoms with E-state index in [2.05, 4.69) is 25.2 Å². The molecule has 0 aliphatic carbocycles. The highest BCUT2D eigenvalue weighted by molar-refractivity contribution is 6.42. The number of hydrogen-bond acceptors (Lipinski definition) is 1. The zero-order valence-electron chi connectivity index (χ0n) is 10.1. The summed E-state index contributed by atoms with van der Waals surface area (Å²) in [6.45, 7) is 4.43. The Morgan fingerprint density at radius 3 is 2.44 bits per heavy atom. The van der Waals surface area contributed by atoms with E-state index in [0.29, 0.717) is 22.0 Å². The van der Waals surface area contributed by atoms with Crippen LogP contribution in [0.2, 0.25) is 10.0 Å². The summed E-state index contributed by atoms with van der Waals surface area (Å²) >= 11 is 11.9. The number of halogens is 2. The summed E-state index contributed by atoms with van der Waals surface area (Å²) in [5, 5.41) is 4.57. The van der Waals surface area contributed by atoms with Crippen molar-refractivity contribution in [3.63, 3.8) is 0 Å². The van der Waals surface area contributed by atoms with Crippen LogP contribution in [0.3, 0.4) is 0 Å². The van der Waals surface area contributed by atoms with E-state index in [1.165, 1.54) is 5.56 Å². The lowest BCUT2D eigenvalue weighted by Crippen LogP contribution is -2.31. The molecule has 0 saturated heterocycles. The number of nitrogens with one attached hydrogen (secondary N) is 1. The topological polar surface area (TPSA) is 12.0 Å². The maximum atomic E-state index is 6.01. The lowest BCUT2D eigenvalue weighted by atomic mass is 9.91. The van der Waals surface area contributed by atoms with Crippen LogP contribution in [-0.4, -0.2) is 13.1 Å². The van der Waals surface area contributed by atoms with E-state index in [4.69, 9.17) is 23.2 Å². The van der Waals surface area contributed by atoms with Gasteiger partial charge in [-0.3, -0.25) is 0 Å². The molecule has 90 valence electrons. The highest BCUT2D eigenvalue weighted by atomic mass is 35.5. The largest absolute Gasteiger partial charge is 0.317 e. The van der Waals surface area contributed by atoms with Gasteiger partial charge in [-0.15, -0.1) is 0 Å². The zero-order valence-corrected chi connectivity index (χ0v) is 11.6. The van der Waals surface area contributed by atoms with Gasteiger partial charge in [-0.2, -0.15) is 0 Å². The molecule has 0 aliphatic rings. The lowest BCUT2D eigenvalue weighted by molar-refractivity contribution is 0.381. The summed E-state index contributed by atoms with van der Waals surface area (Å²) in [6, 6.07) is 6.41. The molecule has 0 spiro atoms. The fraction of sp³-hybridized carbons (Fsp3) is 0.538. The molecule has 0 fully saturated rings. The summed E-state index contributed by atoms with van der Waals surface area (Å²) in [6.07, 6.45) is 2.19. The van der Waals surface area contributed by atoms with E-state index in [1.54, 1.807) is 0 Å². The first-order valence-electron chi connectivity index (χ1n) is 5.69. The van der Waals surface area contributed by atoms with Gasteiger partial charge < -0.3 is 5.32 Å². The zero-order chi connectivity index (χ0) is 12.1. The Bertz CT molecular complexity index is 339. The van der Waals surface area contributed by atoms with Crippen LogP contribution >= 0.6 is 23.2 Å². The Morgan fingerprint density at radius 1 is 1.25 bits per heavy atom. The molecule has 3 heteroatoms. The molecule has 0 bridgehead atoms. The maximum absolute atomic E-state index is 6.01. The van der Waals surface area contributed by atoms with Crippen LogP contribution in [0.5, 0.6) is 0 Å². The van der Waals surface area contributed by atoms with Crippen LogP contribution in [0.1, 0.15) is 25.8 Å². The first kappa shape index (κ1) is 13.8. The average Bonchev–Trinajstić information content (AvgIpc) is 2.29. The van der Waals surface area contributed by atoms with Gasteiger partial charge >= 0.3 is 0 Å². The summed E-state index contributed by atoms with van der Waals surface area (Å²) in [5.41, 5.74) is 1.25. The van der Waals surface area contributed by atoms with Gasteiger partial charge in [0.2, 0.25) is 0 Å². The van der Waals surface area contributed by atoms with Crippen molar-refractivity contribution >= 4 is 23.2 Å². The molecule has 16 heavy (non-hydrogen) atoms. The van der Waals surface area contributed by atoms with Gasteiger partial charge in [0.15, 0.2) is 0 Å². The second-order valence-corrected chi connectivity index (χ2v) is 5.01. The number of rotatable bonds is 5. The molecule has 0 heterocycles. The summed E-state index contributed by atoms with van der Waals surface area (Å²) in [5.74, 6) is 0.627. The van der Waals surface area contributed by atoms with Crippen molar-refractivity contribution in [2.24, 2.45) is 5.92 Å². The lowest BCUT2D eigenvalue weighted by Gasteiger charge is -2.22. The van der Waals surface area contributed by atoms with Crippen LogP contribution < -0.4 is 5.32 Å². The van der Waals surface area contributed by atoms with E-state index in [0.717, 1.165) is 12.8 Å². The molecule has 2 unspecified atom stereocenters. The van der Waals surface area contributed by atoms with E-state index < -0.39 is 0 Å². The van der Waals surface area contributed by atoms with Crippen LogP contribution in [0, 0.1) is 5.92 Å². The average molecular weight is 260 g/mol. The molecule has 1 rings (SSSR count). The first-order chi connectivity index (χ1) is 7.58. The molecular weight excluding hydrogens is 241 g/mol. The van der Waals surface area contributed by atoms with Crippen LogP contribution in [0.15, 0.2) is 18.2 Å². The van der Waals surface area contributed by atoms with Crippen LogP contribution in [0.25, 0.3) is 0 Å². The molecule has 1 aromatic carbocycles. The van der Waals surface area contributed by atoms with Crippen molar-refractivity contribution in [2.45, 2.75) is 32.7 Å². The third-order valence-electron chi connectivity index (χ3n) is 3.17. The molecule has 2 atom stereocenters. The van der Waals surface area contributed by atoms with E-state index >= 15 is 0 Å². The van der Waals surface area contributed by atoms with Gasteiger partial charge in [0.05, 0.1) is 10.0 Å². The second kappa shape index (κ2) is 6.48. The van der Waals surface area contributed by atoms with Gasteiger partial charge in [-0.05, 0) is 44.0 Å². The smallest absolute Gasteiger partial charge is 0.0595 e. The van der Waals surface area contributed by atoms with Crippen molar-refractivity contribution in [1.82, 2.24) is 5.32 Å². The highest BCUT2D eigenvalue weighted by Gasteiger charge is 2.14. The Hall–Kier alpha value is -0.240. The highest BCUT2D eigenvalue weighted by Crippen LogP contribution is 2.25. The minimum atomic E-state index is 0.513. The quantitative estimate of drug-likeness (QED) is 0.837. The SMILES string of the molecule is CCC(Cc1ccc(Cl)c(Cl)c1)C(C)NC. The summed E-state index contributed by atoms with van der Waals surface area (Å²) in [4.78, 5) is 0. The molecule has 1 N–H and O–H groups in total. The number of benzene rings is 1. The van der Waals surface area contributed by atoms with Gasteiger partial charge in [-0.25, -0.2) is 0 Å². The standard InChI is InChI=1S/C13H19Cl2N/c1-4-11(9(2)16-3)7-10-5-6-12(14)13(15)8-10/h5-6,8-9,11,16H,4,7H2,1-3H3. The monoisotopic (exact) mass is 259 g/mol. The van der Waals surface area contributed by atoms with Crippen molar-refractivity contribution in [3.05, 3.63) is 33.8 Å². The fourth-order valence-corrected chi connectivity index (χ4v) is 2.20. The molecule has 0 saturated carbocycles. The predicted octanol–water partition coefficient (Wildman–Crippen LogP) is 4.17. The minimum Gasteiger partial charge on any atom is -0.317 e. The Kier molecular flexibility index (Phi) is 5.60. The molecule has 1 nitrogen and oxygen atoms in total. The van der Waals surface area contributed by atoms with Crippen LogP contribution in [-0.2, 0) is 6.42 Å². The Balaban J connectivity index is 2.74. The summed E-state index contributed by atoms with van der Waals surface area (Å²) in [7, 11) is 2.00. The van der Waals surface area contributed by atoms with Gasteiger partial charge in [0, 0.05) is 6.04 Å². The molecule has 0 aliphatic heterocycles. The number of hydrogen-bond donors (Lipinski definition) is 1. The van der Waals surface area contributed by atoms with Gasteiger partial charge in [0.1, 0.15) is 0 Å². The third kappa shape index (κ3) is 3.65. The first-order valence-corrected chi connectivity index (χ1v) is 6.45. The van der Waals surface area contributed by atoms with Crippen molar-refractivity contribution in [2.75, 3.05) is 7.05 Å². The second-order valence-electron chi connectivity index (χ2n) is 4.20. The molecule has 1 aromatic rings. The molecule has 0 radical (unpaired) electrons. The third-order valence-corrected chi connectivity index (χ3v) is 3.91. The van der Waals surface area contributed by atoms with E-state index in [1.807, 2.05) is 19.2 Å². The van der Waals surface area contributed by atoms with Gasteiger partial charge in [0.25, 0.3) is 0 Å². The van der Waals surface area contributed by atoms with Crippen molar-refractivity contribution in [3.8, 4) is 0 Å². The minimum absolute atomic E-state index is 0.513. The maximum Gasteiger partial charge on any atom is 0.0595 e. The van der Waals surface area contributed by atoms with Gasteiger partial charge in [-0.1, -0.05) is 42.6 Å². The Labute approximate surface area is 108 Å². The fourth-order valence-electron chi connectivity index (χ4n) is 1.88. The molecular formula is C13H19Cl2N. The normalized spacial score (nSPS) is 14.8. The Morgan fingerprint density at radius 2 is 1.94 bits per heavy atom. The predicted molar refractivity (Wildman–Crippen MR) is 72.5 cm³/mol. The van der Waals surface area contributed by atoms with E-state index in [9.17, 15) is 0 Å². The molecule has 0 aromatic heterocycles. The summed E-state index contributed by atoms with van der Waals surface area (Å²) < 4.78 is 0.